The Labute approximate surface area is 157 Å². The van der Waals surface area contributed by atoms with E-state index in [0.717, 1.165) is 22.4 Å². The van der Waals surface area contributed by atoms with E-state index in [4.69, 9.17) is 12.2 Å². The van der Waals surface area contributed by atoms with E-state index in [0.29, 0.717) is 16.4 Å². The number of hydrogen-bond donors (Lipinski definition) is 1. The smallest absolute Gasteiger partial charge is 0.337 e. The molecule has 0 radical (unpaired) electrons. The van der Waals surface area contributed by atoms with Crippen molar-refractivity contribution in [2.24, 2.45) is 0 Å². The second-order valence-corrected chi connectivity index (χ2v) is 6.40. The number of nitrogens with one attached hydrogen (secondary N) is 1. The molecular formula is C20H18N2O3S. The number of carbonyl (C=O) groups is 2. The number of hydrogen-bond acceptors (Lipinski definition) is 4. The fourth-order valence-corrected chi connectivity index (χ4v) is 2.93. The molecule has 1 N–H and O–H groups in total. The summed E-state index contributed by atoms with van der Waals surface area (Å²) < 4.78 is 4.68. The predicted octanol–water partition coefficient (Wildman–Crippen LogP) is 3.35. The van der Waals surface area contributed by atoms with Crippen molar-refractivity contribution < 1.29 is 14.3 Å². The van der Waals surface area contributed by atoms with Gasteiger partial charge >= 0.3 is 5.97 Å². The molecule has 0 spiro atoms. The normalized spacial score (nSPS) is 15.3. The van der Waals surface area contributed by atoms with E-state index in [-0.39, 0.29) is 5.91 Å². The number of anilines is 1. The minimum Gasteiger partial charge on any atom is -0.465 e. The Morgan fingerprint density at radius 2 is 1.81 bits per heavy atom. The fourth-order valence-electron chi connectivity index (χ4n) is 2.63. The molecule has 1 aliphatic heterocycles. The maximum absolute atomic E-state index is 12.8. The molecule has 2 aromatic rings. The minimum atomic E-state index is -0.402. The van der Waals surface area contributed by atoms with Gasteiger partial charge in [0, 0.05) is 0 Å². The molecule has 0 aliphatic carbocycles. The summed E-state index contributed by atoms with van der Waals surface area (Å²) in [5.74, 6) is -0.614. The highest BCUT2D eigenvalue weighted by Crippen LogP contribution is 2.24. The number of ether oxygens (including phenoxy) is 1. The van der Waals surface area contributed by atoms with E-state index in [2.05, 4.69) is 10.1 Å². The molecule has 2 aromatic carbocycles. The maximum atomic E-state index is 12.8. The van der Waals surface area contributed by atoms with Gasteiger partial charge in [-0.2, -0.15) is 0 Å². The first-order valence-corrected chi connectivity index (χ1v) is 8.44. The van der Waals surface area contributed by atoms with Crippen molar-refractivity contribution in [1.82, 2.24) is 5.32 Å². The van der Waals surface area contributed by atoms with Gasteiger partial charge in [0.05, 0.1) is 18.4 Å². The molecule has 0 saturated carbocycles. The number of methoxy groups -OCH3 is 1. The molecule has 1 saturated heterocycles. The molecule has 132 valence electrons. The maximum Gasteiger partial charge on any atom is 0.337 e. The summed E-state index contributed by atoms with van der Waals surface area (Å²) in [6, 6.07) is 12.6. The fraction of sp³-hybridized carbons (Fsp3) is 0.150. The van der Waals surface area contributed by atoms with Crippen LogP contribution in [0.5, 0.6) is 0 Å². The van der Waals surface area contributed by atoms with Crippen molar-refractivity contribution in [2.45, 2.75) is 13.8 Å². The zero-order valence-corrected chi connectivity index (χ0v) is 15.5. The zero-order valence-electron chi connectivity index (χ0n) is 14.7. The molecule has 1 heterocycles. The van der Waals surface area contributed by atoms with E-state index in [1.165, 1.54) is 12.0 Å². The number of carbonyl (C=O) groups excluding carboxylic acids is 2. The van der Waals surface area contributed by atoms with Crippen LogP contribution in [0.25, 0.3) is 6.08 Å². The zero-order chi connectivity index (χ0) is 18.8. The Morgan fingerprint density at radius 1 is 1.12 bits per heavy atom. The van der Waals surface area contributed by atoms with Crippen LogP contribution in [0, 0.1) is 13.8 Å². The van der Waals surface area contributed by atoms with Gasteiger partial charge in [0.1, 0.15) is 5.70 Å². The Hall–Kier alpha value is -2.99. The molecule has 6 heteroatoms. The second-order valence-electron chi connectivity index (χ2n) is 6.01. The summed E-state index contributed by atoms with van der Waals surface area (Å²) in [5, 5.41) is 3.30. The Bertz CT molecular complexity index is 933. The first-order valence-electron chi connectivity index (χ1n) is 8.03. The van der Waals surface area contributed by atoms with Crippen LogP contribution >= 0.6 is 12.2 Å². The third-order valence-corrected chi connectivity index (χ3v) is 4.55. The van der Waals surface area contributed by atoms with Gasteiger partial charge in [-0.05, 0) is 73.1 Å². The van der Waals surface area contributed by atoms with Crippen LogP contribution in [0.15, 0.2) is 48.2 Å². The van der Waals surface area contributed by atoms with E-state index >= 15 is 0 Å². The summed E-state index contributed by atoms with van der Waals surface area (Å²) in [4.78, 5) is 25.7. The molecule has 0 bridgehead atoms. The molecule has 26 heavy (non-hydrogen) atoms. The standard InChI is InChI=1S/C20H18N2O3S/c1-12-4-9-16(10-13(12)2)22-18(23)17(21-20(22)26)11-14-5-7-15(8-6-14)19(24)25-3/h4-11H,1-3H3,(H,21,26)/b17-11-. The topological polar surface area (TPSA) is 58.6 Å². The lowest BCUT2D eigenvalue weighted by atomic mass is 10.1. The molecule has 3 rings (SSSR count). The largest absolute Gasteiger partial charge is 0.465 e. The highest BCUT2D eigenvalue weighted by atomic mass is 32.1. The van der Waals surface area contributed by atoms with Gasteiger partial charge in [-0.3, -0.25) is 9.69 Å². The van der Waals surface area contributed by atoms with Crippen LogP contribution in [0.3, 0.4) is 0 Å². The molecule has 0 unspecified atom stereocenters. The number of nitrogens with zero attached hydrogens (tertiary/aromatic N) is 1. The monoisotopic (exact) mass is 366 g/mol. The quantitative estimate of drug-likeness (QED) is 0.513. The third kappa shape index (κ3) is 3.36. The van der Waals surface area contributed by atoms with Crippen molar-refractivity contribution in [2.75, 3.05) is 12.0 Å². The summed E-state index contributed by atoms with van der Waals surface area (Å²) in [5.41, 5.74) is 4.60. The first-order chi connectivity index (χ1) is 12.4. The molecule has 5 nitrogen and oxygen atoms in total. The van der Waals surface area contributed by atoms with Crippen molar-refractivity contribution in [3.63, 3.8) is 0 Å². The van der Waals surface area contributed by atoms with Crippen molar-refractivity contribution in [1.29, 1.82) is 0 Å². The van der Waals surface area contributed by atoms with Crippen LogP contribution < -0.4 is 10.2 Å². The van der Waals surface area contributed by atoms with Crippen molar-refractivity contribution in [3.8, 4) is 0 Å². The van der Waals surface area contributed by atoms with E-state index in [1.807, 2.05) is 32.0 Å². The molecule has 1 fully saturated rings. The van der Waals surface area contributed by atoms with Gasteiger partial charge in [0.25, 0.3) is 5.91 Å². The lowest BCUT2D eigenvalue weighted by Gasteiger charge is -2.15. The molecule has 0 aromatic heterocycles. The second kappa shape index (κ2) is 7.09. The number of thiocarbonyl (C=S) groups is 1. The van der Waals surface area contributed by atoms with Gasteiger partial charge in [0.2, 0.25) is 0 Å². The molecule has 1 amide bonds. The molecule has 0 atom stereocenters. The summed E-state index contributed by atoms with van der Waals surface area (Å²) >= 11 is 5.33. The van der Waals surface area contributed by atoms with E-state index in [9.17, 15) is 9.59 Å². The van der Waals surface area contributed by atoms with Crippen LogP contribution in [0.4, 0.5) is 5.69 Å². The van der Waals surface area contributed by atoms with Gasteiger partial charge in [0.15, 0.2) is 5.11 Å². The number of benzene rings is 2. The SMILES string of the molecule is COC(=O)c1ccc(/C=C2\NC(=S)N(c3ccc(C)c(C)c3)C2=O)cc1. The Morgan fingerprint density at radius 3 is 2.42 bits per heavy atom. The van der Waals surface area contributed by atoms with Gasteiger partial charge < -0.3 is 10.1 Å². The predicted molar refractivity (Wildman–Crippen MR) is 105 cm³/mol. The lowest BCUT2D eigenvalue weighted by Crippen LogP contribution is -2.30. The van der Waals surface area contributed by atoms with E-state index < -0.39 is 5.97 Å². The lowest BCUT2D eigenvalue weighted by molar-refractivity contribution is -0.113. The van der Waals surface area contributed by atoms with Crippen molar-refractivity contribution in [3.05, 3.63) is 70.4 Å². The van der Waals surface area contributed by atoms with E-state index in [1.54, 1.807) is 30.3 Å². The van der Waals surface area contributed by atoms with Crippen LogP contribution in [0.1, 0.15) is 27.0 Å². The average Bonchev–Trinajstić information content (AvgIpc) is 2.91. The van der Waals surface area contributed by atoms with Gasteiger partial charge in [-0.15, -0.1) is 0 Å². The van der Waals surface area contributed by atoms with Gasteiger partial charge in [-0.25, -0.2) is 4.79 Å². The Balaban J connectivity index is 1.87. The average molecular weight is 366 g/mol. The highest BCUT2D eigenvalue weighted by Gasteiger charge is 2.32. The van der Waals surface area contributed by atoms with Gasteiger partial charge in [-0.1, -0.05) is 18.2 Å². The highest BCUT2D eigenvalue weighted by molar-refractivity contribution is 7.80. The number of aryl methyl sites for hydroxylation is 2. The summed E-state index contributed by atoms with van der Waals surface area (Å²) in [6.45, 7) is 4.01. The first kappa shape index (κ1) is 17.8. The van der Waals surface area contributed by atoms with Crippen molar-refractivity contribution >= 4 is 41.0 Å². The summed E-state index contributed by atoms with van der Waals surface area (Å²) in [7, 11) is 1.33. The number of esters is 1. The molecule has 1 aliphatic rings. The third-order valence-electron chi connectivity index (χ3n) is 4.27. The summed E-state index contributed by atoms with van der Waals surface area (Å²) in [6.07, 6.45) is 1.71. The van der Waals surface area contributed by atoms with Crippen LogP contribution in [-0.2, 0) is 9.53 Å². The minimum absolute atomic E-state index is 0.213. The van der Waals surface area contributed by atoms with Crippen LogP contribution in [-0.4, -0.2) is 24.1 Å². The Kier molecular flexibility index (Phi) is 4.86. The number of rotatable bonds is 3. The molecular weight excluding hydrogens is 348 g/mol. The number of amides is 1. The van der Waals surface area contributed by atoms with Crippen LogP contribution in [0.2, 0.25) is 0 Å².